The van der Waals surface area contributed by atoms with Crippen LogP contribution in [-0.4, -0.2) is 15.9 Å². The van der Waals surface area contributed by atoms with Crippen LogP contribution in [-0.2, 0) is 11.2 Å². The Morgan fingerprint density at radius 2 is 2.12 bits per heavy atom. The van der Waals surface area contributed by atoms with E-state index < -0.39 is 0 Å². The number of rotatable bonds is 7. The van der Waals surface area contributed by atoms with E-state index in [1.165, 1.54) is 4.88 Å². The number of hydrogen-bond donors (Lipinski definition) is 2. The van der Waals surface area contributed by atoms with Gasteiger partial charge in [0.15, 0.2) is 0 Å². The molecule has 1 amide bonds. The molecule has 130 valence electrons. The summed E-state index contributed by atoms with van der Waals surface area (Å²) in [6.45, 7) is 1.95. The minimum Gasteiger partial charge on any atom is -0.346 e. The van der Waals surface area contributed by atoms with Crippen molar-refractivity contribution in [2.75, 3.05) is 0 Å². The highest BCUT2D eigenvalue weighted by Gasteiger charge is 2.13. The van der Waals surface area contributed by atoms with Gasteiger partial charge in [0.2, 0.25) is 5.91 Å². The zero-order chi connectivity index (χ0) is 17.6. The lowest BCUT2D eigenvalue weighted by Gasteiger charge is -2.11. The molecule has 3 aromatic rings. The van der Waals surface area contributed by atoms with E-state index in [0.29, 0.717) is 6.42 Å². The normalized spacial score (nSPS) is 12.1. The van der Waals surface area contributed by atoms with Gasteiger partial charge >= 0.3 is 0 Å². The van der Waals surface area contributed by atoms with E-state index in [2.05, 4.69) is 42.7 Å². The maximum Gasteiger partial charge on any atom is 0.220 e. The zero-order valence-electron chi connectivity index (χ0n) is 14.0. The Balaban J connectivity index is 1.51. The zero-order valence-corrected chi connectivity index (χ0v) is 16.4. The standard InChI is InChI=1S/C19H20BrN3OS/c1-13(22-18(24)6-2-4-16-5-3-11-25-16)19-21-12-17(23-19)14-7-9-15(20)10-8-14/h3,5,7-13H,2,4,6H2,1H3,(H,21,23)(H,22,24)/t13-/m1/s1. The van der Waals surface area contributed by atoms with Crippen LogP contribution in [0.25, 0.3) is 11.3 Å². The topological polar surface area (TPSA) is 57.8 Å². The molecule has 4 nitrogen and oxygen atoms in total. The van der Waals surface area contributed by atoms with Crippen molar-refractivity contribution in [3.05, 3.63) is 63.1 Å². The van der Waals surface area contributed by atoms with E-state index >= 15 is 0 Å². The molecular weight excluding hydrogens is 398 g/mol. The van der Waals surface area contributed by atoms with Crippen molar-refractivity contribution in [3.8, 4) is 11.3 Å². The first-order valence-corrected chi connectivity index (χ1v) is 9.91. The number of amides is 1. The molecule has 0 fully saturated rings. The van der Waals surface area contributed by atoms with Gasteiger partial charge in [0, 0.05) is 15.8 Å². The van der Waals surface area contributed by atoms with E-state index in [4.69, 9.17) is 0 Å². The molecular formula is C19H20BrN3OS. The molecule has 0 saturated heterocycles. The second kappa shape index (κ2) is 8.45. The molecule has 0 spiro atoms. The van der Waals surface area contributed by atoms with Crippen molar-refractivity contribution >= 4 is 33.2 Å². The van der Waals surface area contributed by atoms with Crippen LogP contribution in [0.1, 0.15) is 36.5 Å². The number of aromatic amines is 1. The Bertz CT molecular complexity index is 812. The van der Waals surface area contributed by atoms with Crippen LogP contribution in [0, 0.1) is 0 Å². The maximum absolute atomic E-state index is 12.1. The summed E-state index contributed by atoms with van der Waals surface area (Å²) in [5, 5.41) is 5.08. The van der Waals surface area contributed by atoms with Crippen LogP contribution in [0.2, 0.25) is 0 Å². The highest BCUT2D eigenvalue weighted by atomic mass is 79.9. The van der Waals surface area contributed by atoms with Crippen LogP contribution in [0.4, 0.5) is 0 Å². The molecule has 1 aromatic carbocycles. The lowest BCUT2D eigenvalue weighted by Crippen LogP contribution is -2.27. The molecule has 3 rings (SSSR count). The summed E-state index contributed by atoms with van der Waals surface area (Å²) in [6, 6.07) is 12.0. The van der Waals surface area contributed by atoms with E-state index in [-0.39, 0.29) is 11.9 Å². The second-order valence-corrected chi connectivity index (χ2v) is 7.86. The number of aryl methyl sites for hydroxylation is 1. The number of hydrogen-bond acceptors (Lipinski definition) is 3. The van der Waals surface area contributed by atoms with Gasteiger partial charge in [-0.3, -0.25) is 4.79 Å². The average molecular weight is 418 g/mol. The highest BCUT2D eigenvalue weighted by Crippen LogP contribution is 2.21. The van der Waals surface area contributed by atoms with E-state index in [1.54, 1.807) is 17.5 Å². The predicted molar refractivity (Wildman–Crippen MR) is 106 cm³/mol. The summed E-state index contributed by atoms with van der Waals surface area (Å²) in [5.74, 6) is 0.829. The summed E-state index contributed by atoms with van der Waals surface area (Å²) >= 11 is 5.17. The number of H-pyrrole nitrogens is 1. The summed E-state index contributed by atoms with van der Waals surface area (Å²) in [6.07, 6.45) is 4.15. The molecule has 1 atom stereocenters. The second-order valence-electron chi connectivity index (χ2n) is 5.91. The fraction of sp³-hybridized carbons (Fsp3) is 0.263. The van der Waals surface area contributed by atoms with Crippen molar-refractivity contribution in [3.63, 3.8) is 0 Å². The van der Waals surface area contributed by atoms with E-state index in [0.717, 1.165) is 34.4 Å². The van der Waals surface area contributed by atoms with E-state index in [9.17, 15) is 4.79 Å². The number of aromatic nitrogens is 2. The molecule has 0 bridgehead atoms. The van der Waals surface area contributed by atoms with Gasteiger partial charge in [0.25, 0.3) is 0 Å². The lowest BCUT2D eigenvalue weighted by molar-refractivity contribution is -0.121. The number of thiophene rings is 1. The fourth-order valence-corrected chi connectivity index (χ4v) is 3.61. The molecule has 0 aliphatic carbocycles. The molecule has 0 radical (unpaired) electrons. The summed E-state index contributed by atoms with van der Waals surface area (Å²) < 4.78 is 1.04. The van der Waals surface area contributed by atoms with Crippen molar-refractivity contribution in [2.24, 2.45) is 0 Å². The molecule has 25 heavy (non-hydrogen) atoms. The van der Waals surface area contributed by atoms with Gasteiger partial charge in [-0.2, -0.15) is 0 Å². The molecule has 2 aromatic heterocycles. The van der Waals surface area contributed by atoms with Crippen molar-refractivity contribution in [1.29, 1.82) is 0 Å². The Labute approximate surface area is 159 Å². The minimum absolute atomic E-state index is 0.0608. The van der Waals surface area contributed by atoms with Gasteiger partial charge in [0.1, 0.15) is 5.82 Å². The van der Waals surface area contributed by atoms with Gasteiger partial charge in [-0.25, -0.2) is 4.98 Å². The van der Waals surface area contributed by atoms with Gasteiger partial charge in [-0.1, -0.05) is 34.1 Å². The Morgan fingerprint density at radius 1 is 1.32 bits per heavy atom. The minimum atomic E-state index is -0.140. The number of carbonyl (C=O) groups is 1. The number of imidazole rings is 1. The summed E-state index contributed by atoms with van der Waals surface area (Å²) in [7, 11) is 0. The molecule has 0 unspecified atom stereocenters. The Hall–Kier alpha value is -1.92. The number of nitrogens with one attached hydrogen (secondary N) is 2. The van der Waals surface area contributed by atoms with Crippen molar-refractivity contribution < 1.29 is 4.79 Å². The van der Waals surface area contributed by atoms with Crippen LogP contribution >= 0.6 is 27.3 Å². The van der Waals surface area contributed by atoms with Crippen molar-refractivity contribution in [1.82, 2.24) is 15.3 Å². The van der Waals surface area contributed by atoms with Gasteiger partial charge in [-0.15, -0.1) is 11.3 Å². The summed E-state index contributed by atoms with van der Waals surface area (Å²) in [4.78, 5) is 21.1. The molecule has 2 N–H and O–H groups in total. The number of nitrogens with zero attached hydrogens (tertiary/aromatic N) is 1. The molecule has 0 aliphatic heterocycles. The third kappa shape index (κ3) is 5.03. The van der Waals surface area contributed by atoms with Crippen molar-refractivity contribution in [2.45, 2.75) is 32.2 Å². The third-order valence-electron chi connectivity index (χ3n) is 3.95. The molecule has 0 aliphatic rings. The molecule has 6 heteroatoms. The van der Waals surface area contributed by atoms with Crippen LogP contribution in [0.5, 0.6) is 0 Å². The number of benzene rings is 1. The average Bonchev–Trinajstić information content (AvgIpc) is 3.27. The predicted octanol–water partition coefficient (Wildman–Crippen LogP) is 5.10. The Kier molecular flexibility index (Phi) is 6.04. The molecule has 0 saturated carbocycles. The lowest BCUT2D eigenvalue weighted by atomic mass is 10.2. The molecule has 2 heterocycles. The van der Waals surface area contributed by atoms with E-state index in [1.807, 2.05) is 37.3 Å². The number of halogens is 1. The first-order valence-electron chi connectivity index (χ1n) is 8.24. The largest absolute Gasteiger partial charge is 0.346 e. The van der Waals surface area contributed by atoms with Crippen LogP contribution < -0.4 is 5.32 Å². The quantitative estimate of drug-likeness (QED) is 0.561. The van der Waals surface area contributed by atoms with Gasteiger partial charge in [0.05, 0.1) is 17.9 Å². The third-order valence-corrected chi connectivity index (χ3v) is 5.41. The monoisotopic (exact) mass is 417 g/mol. The highest BCUT2D eigenvalue weighted by molar-refractivity contribution is 9.10. The number of carbonyl (C=O) groups excluding carboxylic acids is 1. The maximum atomic E-state index is 12.1. The van der Waals surface area contributed by atoms with Crippen LogP contribution in [0.15, 0.2) is 52.4 Å². The Morgan fingerprint density at radius 3 is 2.84 bits per heavy atom. The first kappa shape index (κ1) is 17.9. The SMILES string of the molecule is C[C@@H](NC(=O)CCCc1cccs1)c1ncc(-c2ccc(Br)cc2)[nH]1. The van der Waals surface area contributed by atoms with Crippen LogP contribution in [0.3, 0.4) is 0 Å². The summed E-state index contributed by atoms with van der Waals surface area (Å²) in [5.41, 5.74) is 2.01. The van der Waals surface area contributed by atoms with Gasteiger partial charge in [-0.05, 0) is 48.9 Å². The first-order chi connectivity index (χ1) is 12.1. The smallest absolute Gasteiger partial charge is 0.220 e. The van der Waals surface area contributed by atoms with Gasteiger partial charge < -0.3 is 10.3 Å². The fourth-order valence-electron chi connectivity index (χ4n) is 2.59.